The van der Waals surface area contributed by atoms with E-state index in [1.54, 1.807) is 0 Å². The zero-order valence-corrected chi connectivity index (χ0v) is 14.0. The molecule has 4 bridgehead atoms. The Bertz CT molecular complexity index is 711. The van der Waals surface area contributed by atoms with Crippen LogP contribution in [-0.4, -0.2) is 30.4 Å². The maximum absolute atomic E-state index is 12.9. The van der Waals surface area contributed by atoms with Gasteiger partial charge in [-0.25, -0.2) is 0 Å². The summed E-state index contributed by atoms with van der Waals surface area (Å²) in [6, 6.07) is 0. The number of allylic oxidation sites excluding steroid dienone is 1. The molecule has 5 heteroatoms. The van der Waals surface area contributed by atoms with Gasteiger partial charge in [0.1, 0.15) is 11.4 Å². The van der Waals surface area contributed by atoms with E-state index in [4.69, 9.17) is 9.47 Å². The Labute approximate surface area is 140 Å². The predicted molar refractivity (Wildman–Crippen MR) is 82.6 cm³/mol. The molecule has 5 nitrogen and oxygen atoms in total. The van der Waals surface area contributed by atoms with Gasteiger partial charge in [0, 0.05) is 24.2 Å². The fourth-order valence-corrected chi connectivity index (χ4v) is 7.09. The first kappa shape index (κ1) is 14.7. The zero-order valence-electron chi connectivity index (χ0n) is 14.0. The molecular weight excluding hydrogens is 308 g/mol. The predicted octanol–water partition coefficient (Wildman–Crippen LogP) is 2.04. The average molecular weight is 330 g/mol. The van der Waals surface area contributed by atoms with Gasteiger partial charge in [-0.3, -0.25) is 14.4 Å². The summed E-state index contributed by atoms with van der Waals surface area (Å²) < 4.78 is 11.2. The van der Waals surface area contributed by atoms with Crippen LogP contribution in [0.4, 0.5) is 0 Å². The molecule has 0 aromatic rings. The number of fused-ring (bicyclic) bond motifs is 1. The first-order valence-corrected chi connectivity index (χ1v) is 8.91. The van der Waals surface area contributed by atoms with E-state index in [-0.39, 0.29) is 35.5 Å². The second-order valence-electron chi connectivity index (χ2n) is 8.65. The summed E-state index contributed by atoms with van der Waals surface area (Å²) in [6.45, 7) is 1.92. The van der Waals surface area contributed by atoms with E-state index < -0.39 is 22.3 Å². The van der Waals surface area contributed by atoms with Crippen LogP contribution in [0, 0.1) is 34.5 Å². The van der Waals surface area contributed by atoms with Crippen LogP contribution >= 0.6 is 0 Å². The van der Waals surface area contributed by atoms with Gasteiger partial charge >= 0.3 is 11.9 Å². The van der Waals surface area contributed by atoms with Crippen molar-refractivity contribution in [2.75, 3.05) is 7.11 Å². The lowest BCUT2D eigenvalue weighted by Gasteiger charge is -2.42. The Kier molecular flexibility index (Phi) is 2.52. The smallest absolute Gasteiger partial charge is 0.313 e. The van der Waals surface area contributed by atoms with Gasteiger partial charge in [0.15, 0.2) is 0 Å². The van der Waals surface area contributed by atoms with Crippen LogP contribution in [0.1, 0.15) is 39.0 Å². The van der Waals surface area contributed by atoms with Gasteiger partial charge < -0.3 is 9.47 Å². The highest BCUT2D eigenvalue weighted by molar-refractivity contribution is 5.90. The molecule has 0 radical (unpaired) electrons. The monoisotopic (exact) mass is 330 g/mol. The van der Waals surface area contributed by atoms with E-state index in [1.807, 2.05) is 19.1 Å². The third kappa shape index (κ3) is 1.31. The van der Waals surface area contributed by atoms with Crippen molar-refractivity contribution in [3.63, 3.8) is 0 Å². The molecule has 0 aromatic carbocycles. The third-order valence-corrected chi connectivity index (χ3v) is 7.86. The average Bonchev–Trinajstić information content (AvgIpc) is 2.99. The SMILES string of the molecule is COC(=O)[C@H]1[C@H]2[C@@]3(C=CC[C@]2(C)C(=O)O3)[C@@H]2CC[C@@H]3C[C@@]21CC3=O. The number of carbonyl (C=O) groups excluding carboxylic acids is 3. The number of methoxy groups -OCH3 is 1. The van der Waals surface area contributed by atoms with Gasteiger partial charge in [-0.15, -0.1) is 0 Å². The van der Waals surface area contributed by atoms with Gasteiger partial charge in [-0.2, -0.15) is 0 Å². The molecule has 3 saturated carbocycles. The van der Waals surface area contributed by atoms with Crippen molar-refractivity contribution in [2.24, 2.45) is 34.5 Å². The molecule has 5 rings (SSSR count). The van der Waals surface area contributed by atoms with Crippen molar-refractivity contribution in [3.05, 3.63) is 12.2 Å². The molecule has 4 aliphatic carbocycles. The van der Waals surface area contributed by atoms with Crippen molar-refractivity contribution in [2.45, 2.75) is 44.6 Å². The number of ether oxygens (including phenoxy) is 2. The van der Waals surface area contributed by atoms with Crippen LogP contribution in [0.5, 0.6) is 0 Å². The molecule has 1 aliphatic heterocycles. The van der Waals surface area contributed by atoms with Gasteiger partial charge in [-0.1, -0.05) is 6.08 Å². The van der Waals surface area contributed by atoms with Gasteiger partial charge in [0.25, 0.3) is 0 Å². The largest absolute Gasteiger partial charge is 0.469 e. The fraction of sp³-hybridized carbons (Fsp3) is 0.737. The molecule has 7 atom stereocenters. The first-order chi connectivity index (χ1) is 11.4. The van der Waals surface area contributed by atoms with E-state index >= 15 is 0 Å². The summed E-state index contributed by atoms with van der Waals surface area (Å²) in [5, 5.41) is 0. The minimum Gasteiger partial charge on any atom is -0.469 e. The molecule has 4 fully saturated rings. The Hall–Kier alpha value is -1.65. The highest BCUT2D eigenvalue weighted by Crippen LogP contribution is 2.75. The third-order valence-electron chi connectivity index (χ3n) is 7.86. The number of ketones is 1. The summed E-state index contributed by atoms with van der Waals surface area (Å²) in [4.78, 5) is 38.1. The maximum atomic E-state index is 12.9. The van der Waals surface area contributed by atoms with Crippen LogP contribution < -0.4 is 0 Å². The summed E-state index contributed by atoms with van der Waals surface area (Å²) in [7, 11) is 1.40. The first-order valence-electron chi connectivity index (χ1n) is 8.91. The van der Waals surface area contributed by atoms with E-state index in [1.165, 1.54) is 7.11 Å². The van der Waals surface area contributed by atoms with Crippen molar-refractivity contribution in [1.29, 1.82) is 0 Å². The molecule has 128 valence electrons. The van der Waals surface area contributed by atoms with Crippen LogP contribution in [0.25, 0.3) is 0 Å². The summed E-state index contributed by atoms with van der Waals surface area (Å²) in [6.07, 6.45) is 7.52. The second-order valence-corrected chi connectivity index (χ2v) is 8.65. The lowest BCUT2D eigenvalue weighted by molar-refractivity contribution is -0.159. The number of carbonyl (C=O) groups is 3. The zero-order chi connectivity index (χ0) is 16.9. The topological polar surface area (TPSA) is 69.7 Å². The number of rotatable bonds is 1. The Morgan fingerprint density at radius 3 is 2.88 bits per heavy atom. The lowest BCUT2D eigenvalue weighted by Crippen LogP contribution is -2.44. The van der Waals surface area contributed by atoms with E-state index in [0.717, 1.165) is 19.3 Å². The molecule has 5 aliphatic rings. The molecule has 0 amide bonds. The molecule has 24 heavy (non-hydrogen) atoms. The standard InChI is InChI=1S/C19H22O5/c1-17-6-3-7-19(24-16(17)22)12-5-4-10-8-18(12,9-11(10)20)13(14(17)19)15(21)23-2/h3,7,10,12-14H,4-6,8-9H2,1-2H3/t10-,12-,13-,14-,17+,18-,19-/m1/s1. The van der Waals surface area contributed by atoms with E-state index in [2.05, 4.69) is 0 Å². The minimum absolute atomic E-state index is 0.0455. The Morgan fingerprint density at radius 1 is 1.33 bits per heavy atom. The maximum Gasteiger partial charge on any atom is 0.313 e. The summed E-state index contributed by atoms with van der Waals surface area (Å²) in [5.41, 5.74) is -1.81. The Morgan fingerprint density at radius 2 is 2.12 bits per heavy atom. The van der Waals surface area contributed by atoms with Gasteiger partial charge in [-0.05, 0) is 44.1 Å². The number of hydrogen-bond acceptors (Lipinski definition) is 5. The second kappa shape index (κ2) is 4.12. The molecule has 1 heterocycles. The highest BCUT2D eigenvalue weighted by Gasteiger charge is 2.81. The van der Waals surface area contributed by atoms with Gasteiger partial charge in [0.05, 0.1) is 18.4 Å². The molecule has 0 N–H and O–H groups in total. The molecule has 1 saturated heterocycles. The van der Waals surface area contributed by atoms with Crippen molar-refractivity contribution >= 4 is 17.7 Å². The normalized spacial score (nSPS) is 53.6. The number of hydrogen-bond donors (Lipinski definition) is 0. The number of Topliss-reactive ketones (excluding diaryl/α,β-unsaturated/α-hetero) is 1. The van der Waals surface area contributed by atoms with Crippen LogP contribution in [0.2, 0.25) is 0 Å². The van der Waals surface area contributed by atoms with Crippen molar-refractivity contribution in [1.82, 2.24) is 0 Å². The highest BCUT2D eigenvalue weighted by atomic mass is 16.6. The Balaban J connectivity index is 1.76. The van der Waals surface area contributed by atoms with E-state index in [9.17, 15) is 14.4 Å². The number of esters is 2. The molecule has 0 unspecified atom stereocenters. The van der Waals surface area contributed by atoms with Crippen molar-refractivity contribution < 1.29 is 23.9 Å². The van der Waals surface area contributed by atoms with E-state index in [0.29, 0.717) is 12.8 Å². The quantitative estimate of drug-likeness (QED) is 0.543. The van der Waals surface area contributed by atoms with Crippen molar-refractivity contribution in [3.8, 4) is 0 Å². The summed E-state index contributed by atoms with van der Waals surface area (Å²) in [5.74, 6) is -0.736. The molecular formula is C19H22O5. The molecule has 1 spiro atoms. The van der Waals surface area contributed by atoms with Crippen LogP contribution in [0.15, 0.2) is 12.2 Å². The fourth-order valence-electron chi connectivity index (χ4n) is 7.09. The molecule has 0 aromatic heterocycles. The van der Waals surface area contributed by atoms with Gasteiger partial charge in [0.2, 0.25) is 0 Å². The van der Waals surface area contributed by atoms with Crippen LogP contribution in [-0.2, 0) is 23.9 Å². The lowest BCUT2D eigenvalue weighted by atomic mass is 9.62. The van der Waals surface area contributed by atoms with Crippen LogP contribution in [0.3, 0.4) is 0 Å². The summed E-state index contributed by atoms with van der Waals surface area (Å²) >= 11 is 0. The minimum atomic E-state index is -0.724.